The summed E-state index contributed by atoms with van der Waals surface area (Å²) in [4.78, 5) is 24.0. The molecule has 0 aromatic heterocycles. The predicted octanol–water partition coefficient (Wildman–Crippen LogP) is 0.717. The van der Waals surface area contributed by atoms with E-state index in [9.17, 15) is 23.1 Å². The molecule has 0 aliphatic rings. The number of phenolic OH excluding ortho intramolecular Hbond substituents is 1. The number of hydrazine groups is 1. The average molecular weight is 363 g/mol. The van der Waals surface area contributed by atoms with Crippen molar-refractivity contribution in [1.82, 2.24) is 15.2 Å². The number of rotatable bonds is 4. The molecule has 0 atom stereocenters. The number of sulfonamides is 1. The SMILES string of the molecule is CN(C)S(=O)(=O)c1cccc(C(=O)NNC(=O)c2ccccc2O)c1. The zero-order valence-corrected chi connectivity index (χ0v) is 14.4. The third-order valence-corrected chi connectivity index (χ3v) is 5.12. The third-order valence-electron chi connectivity index (χ3n) is 3.31. The maximum atomic E-state index is 12.1. The molecule has 2 aromatic rings. The Kier molecular flexibility index (Phi) is 5.40. The Morgan fingerprint density at radius 2 is 1.60 bits per heavy atom. The monoisotopic (exact) mass is 363 g/mol. The van der Waals surface area contributed by atoms with Crippen LogP contribution in [0.3, 0.4) is 0 Å². The van der Waals surface area contributed by atoms with E-state index >= 15 is 0 Å². The third kappa shape index (κ3) is 4.14. The van der Waals surface area contributed by atoms with Crippen molar-refractivity contribution in [2.45, 2.75) is 4.90 Å². The van der Waals surface area contributed by atoms with Crippen molar-refractivity contribution in [2.75, 3.05) is 14.1 Å². The first-order valence-electron chi connectivity index (χ1n) is 7.15. The summed E-state index contributed by atoms with van der Waals surface area (Å²) in [6.45, 7) is 0. The van der Waals surface area contributed by atoms with Crippen LogP contribution in [0.1, 0.15) is 20.7 Å². The second kappa shape index (κ2) is 7.32. The topological polar surface area (TPSA) is 116 Å². The average Bonchev–Trinajstić information content (AvgIpc) is 2.59. The number of phenols is 1. The predicted molar refractivity (Wildman–Crippen MR) is 90.4 cm³/mol. The summed E-state index contributed by atoms with van der Waals surface area (Å²) in [6, 6.07) is 11.3. The van der Waals surface area contributed by atoms with Crippen LogP contribution in [0.4, 0.5) is 0 Å². The van der Waals surface area contributed by atoms with Crippen molar-refractivity contribution in [2.24, 2.45) is 0 Å². The maximum absolute atomic E-state index is 12.1. The van der Waals surface area contributed by atoms with Gasteiger partial charge in [-0.05, 0) is 30.3 Å². The molecule has 0 saturated carbocycles. The lowest BCUT2D eigenvalue weighted by atomic mass is 10.2. The van der Waals surface area contributed by atoms with Gasteiger partial charge in [0, 0.05) is 19.7 Å². The van der Waals surface area contributed by atoms with E-state index < -0.39 is 21.8 Å². The van der Waals surface area contributed by atoms with Gasteiger partial charge in [0.2, 0.25) is 10.0 Å². The van der Waals surface area contributed by atoms with Crippen molar-refractivity contribution in [3.63, 3.8) is 0 Å². The first kappa shape index (κ1) is 18.4. The molecule has 0 radical (unpaired) electrons. The summed E-state index contributed by atoms with van der Waals surface area (Å²) in [5.74, 6) is -1.63. The molecule has 2 rings (SSSR count). The summed E-state index contributed by atoms with van der Waals surface area (Å²) in [5.41, 5.74) is 4.38. The molecule has 0 unspecified atom stereocenters. The van der Waals surface area contributed by atoms with Gasteiger partial charge in [-0.25, -0.2) is 12.7 Å². The van der Waals surface area contributed by atoms with Gasteiger partial charge in [-0.15, -0.1) is 0 Å². The summed E-state index contributed by atoms with van der Waals surface area (Å²) in [5, 5.41) is 9.60. The molecule has 8 nitrogen and oxygen atoms in total. The zero-order chi connectivity index (χ0) is 18.6. The second-order valence-electron chi connectivity index (χ2n) is 5.24. The molecule has 0 heterocycles. The summed E-state index contributed by atoms with van der Waals surface area (Å²) in [7, 11) is -0.913. The van der Waals surface area contributed by atoms with E-state index in [0.717, 1.165) is 4.31 Å². The first-order valence-corrected chi connectivity index (χ1v) is 8.59. The van der Waals surface area contributed by atoms with Crippen LogP contribution in [0.25, 0.3) is 0 Å². The lowest BCUT2D eigenvalue weighted by Gasteiger charge is -2.12. The van der Waals surface area contributed by atoms with Crippen LogP contribution in [0.2, 0.25) is 0 Å². The van der Waals surface area contributed by atoms with Crippen molar-refractivity contribution >= 4 is 21.8 Å². The van der Waals surface area contributed by atoms with Crippen molar-refractivity contribution in [3.8, 4) is 5.75 Å². The van der Waals surface area contributed by atoms with Gasteiger partial charge < -0.3 is 5.11 Å². The van der Waals surface area contributed by atoms with Crippen LogP contribution < -0.4 is 10.9 Å². The molecular formula is C16H17N3O5S. The number of carbonyl (C=O) groups is 2. The van der Waals surface area contributed by atoms with E-state index in [4.69, 9.17) is 0 Å². The molecule has 0 saturated heterocycles. The Morgan fingerprint density at radius 1 is 0.960 bits per heavy atom. The molecule has 132 valence electrons. The molecule has 3 N–H and O–H groups in total. The van der Waals surface area contributed by atoms with E-state index in [1.807, 2.05) is 0 Å². The molecule has 0 aliphatic heterocycles. The minimum Gasteiger partial charge on any atom is -0.507 e. The van der Waals surface area contributed by atoms with Crippen molar-refractivity contribution in [3.05, 3.63) is 59.7 Å². The standard InChI is InChI=1S/C16H17N3O5S/c1-19(2)25(23,24)12-7-5-6-11(10-12)15(21)17-18-16(22)13-8-3-4-9-14(13)20/h3-10,20H,1-2H3,(H,17,21)(H,18,22). The highest BCUT2D eigenvalue weighted by Crippen LogP contribution is 2.16. The molecular weight excluding hydrogens is 346 g/mol. The molecule has 2 aromatic carbocycles. The van der Waals surface area contributed by atoms with Gasteiger partial charge >= 0.3 is 0 Å². The van der Waals surface area contributed by atoms with Crippen molar-refractivity contribution < 1.29 is 23.1 Å². The quantitative estimate of drug-likeness (QED) is 0.692. The van der Waals surface area contributed by atoms with Crippen LogP contribution in [0.5, 0.6) is 5.75 Å². The van der Waals surface area contributed by atoms with Crippen molar-refractivity contribution in [1.29, 1.82) is 0 Å². The molecule has 25 heavy (non-hydrogen) atoms. The Hall–Kier alpha value is -2.91. The zero-order valence-electron chi connectivity index (χ0n) is 13.6. The minimum atomic E-state index is -3.68. The lowest BCUT2D eigenvalue weighted by molar-refractivity contribution is 0.0845. The Morgan fingerprint density at radius 3 is 2.24 bits per heavy atom. The van der Waals surface area contributed by atoms with Gasteiger partial charge in [-0.2, -0.15) is 0 Å². The Balaban J connectivity index is 2.12. The molecule has 0 bridgehead atoms. The number of hydrogen-bond acceptors (Lipinski definition) is 5. The molecule has 0 fully saturated rings. The minimum absolute atomic E-state index is 0.00765. The highest BCUT2D eigenvalue weighted by molar-refractivity contribution is 7.89. The fraction of sp³-hybridized carbons (Fsp3) is 0.125. The smallest absolute Gasteiger partial charge is 0.273 e. The number of nitrogens with one attached hydrogen (secondary N) is 2. The van der Waals surface area contributed by atoms with Crippen LogP contribution in [-0.2, 0) is 10.0 Å². The summed E-state index contributed by atoms with van der Waals surface area (Å²) < 4.78 is 25.2. The molecule has 9 heteroatoms. The second-order valence-corrected chi connectivity index (χ2v) is 7.39. The highest BCUT2D eigenvalue weighted by Gasteiger charge is 2.19. The number of hydrogen-bond donors (Lipinski definition) is 3. The van der Waals surface area contributed by atoms with Gasteiger partial charge in [0.25, 0.3) is 11.8 Å². The Bertz CT molecular complexity index is 909. The number of amides is 2. The van der Waals surface area contributed by atoms with Crippen LogP contribution in [-0.4, -0.2) is 43.7 Å². The van der Waals surface area contributed by atoms with Gasteiger partial charge in [-0.1, -0.05) is 18.2 Å². The molecule has 0 aliphatic carbocycles. The largest absolute Gasteiger partial charge is 0.507 e. The number of benzene rings is 2. The Labute approximate surface area is 145 Å². The summed E-state index contributed by atoms with van der Waals surface area (Å²) in [6.07, 6.45) is 0. The van der Waals surface area contributed by atoms with Gasteiger partial charge in [-0.3, -0.25) is 20.4 Å². The molecule has 2 amide bonds. The van der Waals surface area contributed by atoms with Gasteiger partial charge in [0.05, 0.1) is 10.5 Å². The fourth-order valence-corrected chi connectivity index (χ4v) is 2.88. The van der Waals surface area contributed by atoms with E-state index in [0.29, 0.717) is 0 Å². The van der Waals surface area contributed by atoms with Crippen LogP contribution in [0.15, 0.2) is 53.4 Å². The van der Waals surface area contributed by atoms with Crippen LogP contribution in [0, 0.1) is 0 Å². The van der Waals surface area contributed by atoms with Crippen LogP contribution >= 0.6 is 0 Å². The molecule has 0 spiro atoms. The van der Waals surface area contributed by atoms with E-state index in [-0.39, 0.29) is 21.8 Å². The normalized spacial score (nSPS) is 11.2. The van der Waals surface area contributed by atoms with E-state index in [1.165, 1.54) is 50.5 Å². The first-order chi connectivity index (χ1) is 11.7. The fourth-order valence-electron chi connectivity index (χ4n) is 1.93. The number of para-hydroxylation sites is 1. The number of carbonyl (C=O) groups excluding carboxylic acids is 2. The number of aromatic hydroxyl groups is 1. The highest BCUT2D eigenvalue weighted by atomic mass is 32.2. The summed E-state index contributed by atoms with van der Waals surface area (Å²) >= 11 is 0. The lowest BCUT2D eigenvalue weighted by Crippen LogP contribution is -2.41. The van der Waals surface area contributed by atoms with E-state index in [2.05, 4.69) is 10.9 Å². The van der Waals surface area contributed by atoms with Gasteiger partial charge in [0.15, 0.2) is 0 Å². The van der Waals surface area contributed by atoms with E-state index in [1.54, 1.807) is 12.1 Å². The van der Waals surface area contributed by atoms with Gasteiger partial charge in [0.1, 0.15) is 5.75 Å². The number of nitrogens with zero attached hydrogens (tertiary/aromatic N) is 1. The maximum Gasteiger partial charge on any atom is 0.273 e.